The van der Waals surface area contributed by atoms with Crippen molar-refractivity contribution in [2.75, 3.05) is 11.9 Å². The fourth-order valence-corrected chi connectivity index (χ4v) is 4.40. The number of hydrogen-bond donors (Lipinski definition) is 1. The Kier molecular flexibility index (Phi) is 2.87. The largest absolute Gasteiger partial charge is 0.385 e. The number of fused-ring (bicyclic) bond motifs is 1. The van der Waals surface area contributed by atoms with Crippen LogP contribution < -0.4 is 5.32 Å². The molecule has 0 bridgehead atoms. The summed E-state index contributed by atoms with van der Waals surface area (Å²) in [7, 11) is -0.941. The van der Waals surface area contributed by atoms with Crippen molar-refractivity contribution in [3.05, 3.63) is 29.8 Å². The van der Waals surface area contributed by atoms with Gasteiger partial charge in [0.2, 0.25) is 0 Å². The van der Waals surface area contributed by atoms with E-state index < -0.39 is 8.07 Å². The quantitative estimate of drug-likeness (QED) is 0.743. The van der Waals surface area contributed by atoms with E-state index in [-0.39, 0.29) is 0 Å². The lowest BCUT2D eigenvalue weighted by molar-refractivity contribution is 0.674. The van der Waals surface area contributed by atoms with Crippen molar-refractivity contribution in [1.82, 2.24) is 0 Å². The van der Waals surface area contributed by atoms with Crippen LogP contribution in [-0.2, 0) is 0 Å². The molecule has 1 nitrogen and oxygen atoms in total. The third kappa shape index (κ3) is 2.62. The molecular weight excluding hydrogens is 198 g/mol. The molecule has 0 saturated carbocycles. The topological polar surface area (TPSA) is 12.0 Å². The summed E-state index contributed by atoms with van der Waals surface area (Å²) in [5.41, 5.74) is 2.91. The monoisotopic (exact) mass is 219 g/mol. The number of para-hydroxylation sites is 1. The number of benzene rings is 1. The van der Waals surface area contributed by atoms with Gasteiger partial charge in [-0.15, -0.1) is 0 Å². The van der Waals surface area contributed by atoms with Crippen LogP contribution in [0.15, 0.2) is 24.3 Å². The van der Waals surface area contributed by atoms with Gasteiger partial charge in [0.1, 0.15) is 0 Å². The second-order valence-electron chi connectivity index (χ2n) is 5.76. The Hall–Kier alpha value is -0.763. The molecule has 0 spiro atoms. The van der Waals surface area contributed by atoms with Gasteiger partial charge in [0.15, 0.2) is 0 Å². The number of nitrogens with one attached hydrogen (secondary N) is 1. The lowest BCUT2D eigenvalue weighted by Gasteiger charge is -2.30. The maximum Gasteiger partial charge on any atom is 0.0448 e. The molecule has 1 unspecified atom stereocenters. The second-order valence-corrected chi connectivity index (χ2v) is 11.3. The second kappa shape index (κ2) is 4.01. The van der Waals surface area contributed by atoms with E-state index in [2.05, 4.69) is 49.2 Å². The van der Waals surface area contributed by atoms with Gasteiger partial charge in [0.25, 0.3) is 0 Å². The molecule has 1 aliphatic heterocycles. The minimum atomic E-state index is -0.941. The zero-order valence-electron chi connectivity index (χ0n) is 10.0. The van der Waals surface area contributed by atoms with Gasteiger partial charge in [-0.05, 0) is 24.0 Å². The summed E-state index contributed by atoms with van der Waals surface area (Å²) in [5, 5.41) is 3.49. The summed E-state index contributed by atoms with van der Waals surface area (Å²) in [5.74, 6) is 0.800. The molecule has 0 saturated heterocycles. The zero-order valence-corrected chi connectivity index (χ0v) is 11.0. The van der Waals surface area contributed by atoms with E-state index in [9.17, 15) is 0 Å². The van der Waals surface area contributed by atoms with Gasteiger partial charge in [-0.3, -0.25) is 0 Å². The van der Waals surface area contributed by atoms with Crippen LogP contribution in [0.5, 0.6) is 0 Å². The average Bonchev–Trinajstić information content (AvgIpc) is 2.16. The van der Waals surface area contributed by atoms with Crippen molar-refractivity contribution < 1.29 is 0 Å². The van der Waals surface area contributed by atoms with Gasteiger partial charge in [-0.2, -0.15) is 0 Å². The van der Waals surface area contributed by atoms with E-state index in [0.717, 1.165) is 12.5 Å². The third-order valence-corrected chi connectivity index (χ3v) is 4.79. The normalized spacial score (nSPS) is 20.6. The summed E-state index contributed by atoms with van der Waals surface area (Å²) in [6.45, 7) is 8.55. The number of hydrogen-bond acceptors (Lipinski definition) is 1. The minimum absolute atomic E-state index is 0.800. The maximum atomic E-state index is 3.49. The highest BCUT2D eigenvalue weighted by Gasteiger charge is 2.25. The molecule has 0 aromatic heterocycles. The van der Waals surface area contributed by atoms with E-state index in [1.54, 1.807) is 5.56 Å². The van der Waals surface area contributed by atoms with Crippen molar-refractivity contribution in [3.8, 4) is 0 Å². The molecule has 82 valence electrons. The molecule has 0 radical (unpaired) electrons. The van der Waals surface area contributed by atoms with Gasteiger partial charge in [0.05, 0.1) is 0 Å². The van der Waals surface area contributed by atoms with Gasteiger partial charge in [0, 0.05) is 20.3 Å². The molecule has 1 aliphatic rings. The fraction of sp³-hybridized carbons (Fsp3) is 0.538. The smallest absolute Gasteiger partial charge is 0.0448 e. The minimum Gasteiger partial charge on any atom is -0.385 e. The highest BCUT2D eigenvalue weighted by atomic mass is 28.3. The summed E-state index contributed by atoms with van der Waals surface area (Å²) in [6, 6.07) is 10.2. The van der Waals surface area contributed by atoms with Crippen LogP contribution in [-0.4, -0.2) is 14.6 Å². The van der Waals surface area contributed by atoms with E-state index in [1.165, 1.54) is 18.2 Å². The first-order chi connectivity index (χ1) is 7.06. The van der Waals surface area contributed by atoms with Crippen LogP contribution in [0.3, 0.4) is 0 Å². The molecule has 2 rings (SSSR count). The Balaban J connectivity index is 2.22. The molecule has 0 aliphatic carbocycles. The Bertz CT molecular complexity index is 341. The lowest BCUT2D eigenvalue weighted by Crippen LogP contribution is -2.26. The van der Waals surface area contributed by atoms with E-state index in [0.29, 0.717) is 0 Å². The standard InChI is InChI=1S/C13H21NSi/c1-15(2,3)10-11-8-9-14-13-7-5-4-6-12(11)13/h4-7,11,14H,8-10H2,1-3H3. The highest BCUT2D eigenvalue weighted by molar-refractivity contribution is 6.76. The molecule has 1 N–H and O–H groups in total. The predicted octanol–water partition coefficient (Wildman–Crippen LogP) is 3.92. The SMILES string of the molecule is C[Si](C)(C)CC1CCNc2ccccc21. The molecule has 0 amide bonds. The lowest BCUT2D eigenvalue weighted by atomic mass is 9.93. The Morgan fingerprint density at radius 3 is 2.73 bits per heavy atom. The number of anilines is 1. The van der Waals surface area contributed by atoms with Crippen molar-refractivity contribution in [2.24, 2.45) is 0 Å². The Labute approximate surface area is 93.9 Å². The average molecular weight is 219 g/mol. The summed E-state index contributed by atoms with van der Waals surface area (Å²) >= 11 is 0. The van der Waals surface area contributed by atoms with Gasteiger partial charge >= 0.3 is 0 Å². The first-order valence-electron chi connectivity index (χ1n) is 5.89. The summed E-state index contributed by atoms with van der Waals surface area (Å²) in [4.78, 5) is 0. The fourth-order valence-electron chi connectivity index (χ4n) is 2.50. The molecule has 15 heavy (non-hydrogen) atoms. The van der Waals surface area contributed by atoms with Gasteiger partial charge in [-0.1, -0.05) is 43.9 Å². The van der Waals surface area contributed by atoms with Crippen LogP contribution in [0.1, 0.15) is 17.9 Å². The zero-order chi connectivity index (χ0) is 10.9. The van der Waals surface area contributed by atoms with E-state index in [4.69, 9.17) is 0 Å². The maximum absolute atomic E-state index is 3.49. The molecule has 1 aromatic carbocycles. The van der Waals surface area contributed by atoms with Crippen LogP contribution in [0.25, 0.3) is 0 Å². The molecule has 1 aromatic rings. The van der Waals surface area contributed by atoms with Crippen LogP contribution in [0, 0.1) is 0 Å². The molecular formula is C13H21NSi. The van der Waals surface area contributed by atoms with Crippen molar-refractivity contribution in [1.29, 1.82) is 0 Å². The van der Waals surface area contributed by atoms with Gasteiger partial charge < -0.3 is 5.32 Å². The van der Waals surface area contributed by atoms with Crippen LogP contribution in [0.4, 0.5) is 5.69 Å². The Morgan fingerprint density at radius 1 is 1.27 bits per heavy atom. The third-order valence-electron chi connectivity index (χ3n) is 3.07. The predicted molar refractivity (Wildman–Crippen MR) is 70.4 cm³/mol. The van der Waals surface area contributed by atoms with Gasteiger partial charge in [-0.25, -0.2) is 0 Å². The van der Waals surface area contributed by atoms with Crippen LogP contribution in [0.2, 0.25) is 25.7 Å². The molecule has 1 atom stereocenters. The first-order valence-corrected chi connectivity index (χ1v) is 9.60. The van der Waals surface area contributed by atoms with Crippen LogP contribution >= 0.6 is 0 Å². The first kappa shape index (κ1) is 10.7. The van der Waals surface area contributed by atoms with E-state index in [1.807, 2.05) is 0 Å². The highest BCUT2D eigenvalue weighted by Crippen LogP contribution is 2.36. The molecule has 1 heterocycles. The van der Waals surface area contributed by atoms with Crippen molar-refractivity contribution in [2.45, 2.75) is 38.0 Å². The van der Waals surface area contributed by atoms with E-state index >= 15 is 0 Å². The molecule has 0 fully saturated rings. The Morgan fingerprint density at radius 2 is 2.00 bits per heavy atom. The van der Waals surface area contributed by atoms with Crippen molar-refractivity contribution >= 4 is 13.8 Å². The van der Waals surface area contributed by atoms with Crippen molar-refractivity contribution in [3.63, 3.8) is 0 Å². The summed E-state index contributed by atoms with van der Waals surface area (Å²) in [6.07, 6.45) is 1.31. The number of rotatable bonds is 2. The molecule has 2 heteroatoms. The summed E-state index contributed by atoms with van der Waals surface area (Å²) < 4.78 is 0.